The monoisotopic (exact) mass is 355 g/mol. The first-order valence-electron chi connectivity index (χ1n) is 7.02. The summed E-state index contributed by atoms with van der Waals surface area (Å²) in [5.41, 5.74) is 0. The van der Waals surface area contributed by atoms with Crippen molar-refractivity contribution in [2.45, 2.75) is 12.5 Å². The Morgan fingerprint density at radius 1 is 1.52 bits per heavy atom. The molecule has 1 fully saturated rings. The number of amides is 1. The number of nitrogens with zero attached hydrogens (tertiary/aromatic N) is 1. The molecule has 0 spiro atoms. The number of pyridine rings is 1. The Labute approximate surface area is 144 Å². The zero-order valence-electron chi connectivity index (χ0n) is 12.2. The van der Waals surface area contributed by atoms with Crippen molar-refractivity contribution in [1.82, 2.24) is 10.3 Å². The minimum absolute atomic E-state index is 0.274. The zero-order chi connectivity index (χ0) is 16.8. The molecular weight excluding hydrogens is 340 g/mol. The molecule has 0 radical (unpaired) electrons. The first-order valence-corrected chi connectivity index (χ1v) is 7.78. The lowest BCUT2D eigenvalue weighted by Gasteiger charge is -2.17. The van der Waals surface area contributed by atoms with E-state index >= 15 is 0 Å². The van der Waals surface area contributed by atoms with Gasteiger partial charge in [-0.15, -0.1) is 0 Å². The van der Waals surface area contributed by atoms with Crippen molar-refractivity contribution in [3.63, 3.8) is 0 Å². The molecule has 1 aromatic rings. The van der Waals surface area contributed by atoms with Crippen LogP contribution in [0.2, 0.25) is 5.15 Å². The average molecular weight is 356 g/mol. The molecule has 1 saturated heterocycles. The normalized spacial score (nSPS) is 21.6. The van der Waals surface area contributed by atoms with Crippen molar-refractivity contribution in [3.8, 4) is 0 Å². The molecule has 1 aliphatic rings. The van der Waals surface area contributed by atoms with E-state index in [0.717, 1.165) is 0 Å². The highest BCUT2D eigenvalue weighted by Gasteiger charge is 2.35. The number of hydrogen-bond donors (Lipinski definition) is 2. The van der Waals surface area contributed by atoms with E-state index in [9.17, 15) is 9.18 Å². The van der Waals surface area contributed by atoms with E-state index in [4.69, 9.17) is 23.2 Å². The number of aromatic nitrogens is 1. The molecule has 2 heterocycles. The van der Waals surface area contributed by atoms with Crippen molar-refractivity contribution in [1.29, 1.82) is 0 Å². The van der Waals surface area contributed by atoms with Gasteiger partial charge in [0, 0.05) is 11.0 Å². The van der Waals surface area contributed by atoms with Crippen LogP contribution in [-0.4, -0.2) is 23.5 Å². The quantitative estimate of drug-likeness (QED) is 0.623. The number of hydrogen-bond acceptors (Lipinski definition) is 3. The van der Waals surface area contributed by atoms with Crippen LogP contribution in [-0.2, 0) is 4.79 Å². The highest BCUT2D eigenvalue weighted by molar-refractivity contribution is 6.30. The van der Waals surface area contributed by atoms with Crippen LogP contribution >= 0.6 is 23.2 Å². The Morgan fingerprint density at radius 2 is 2.30 bits per heavy atom. The highest BCUT2D eigenvalue weighted by atomic mass is 35.5. The van der Waals surface area contributed by atoms with Gasteiger partial charge < -0.3 is 10.6 Å². The largest absolute Gasteiger partial charge is 0.309 e. The summed E-state index contributed by atoms with van der Waals surface area (Å²) < 4.78 is 14.3. The van der Waals surface area contributed by atoms with E-state index in [1.807, 2.05) is 0 Å². The molecule has 2 N–H and O–H groups in total. The molecule has 7 heteroatoms. The van der Waals surface area contributed by atoms with Crippen LogP contribution in [0, 0.1) is 5.92 Å². The molecule has 1 aromatic heterocycles. The van der Waals surface area contributed by atoms with Gasteiger partial charge in [0.05, 0.1) is 6.04 Å². The third-order valence-electron chi connectivity index (χ3n) is 3.36. The summed E-state index contributed by atoms with van der Waals surface area (Å²) >= 11 is 11.4. The smallest absolute Gasteiger partial charge is 0.243 e. The molecule has 4 nitrogen and oxygen atoms in total. The van der Waals surface area contributed by atoms with Gasteiger partial charge in [-0.05, 0) is 37.3 Å². The fraction of sp³-hybridized carbons (Fsp3) is 0.250. The minimum Gasteiger partial charge on any atom is -0.309 e. The Morgan fingerprint density at radius 3 is 3.00 bits per heavy atom. The van der Waals surface area contributed by atoms with Crippen LogP contribution in [0.15, 0.2) is 53.9 Å². The van der Waals surface area contributed by atoms with Gasteiger partial charge in [-0.1, -0.05) is 41.9 Å². The summed E-state index contributed by atoms with van der Waals surface area (Å²) in [6.07, 6.45) is 4.77. The Hall–Kier alpha value is -1.69. The second-order valence-electron chi connectivity index (χ2n) is 5.02. The number of halogens is 3. The van der Waals surface area contributed by atoms with E-state index in [1.54, 1.807) is 18.2 Å². The zero-order valence-corrected chi connectivity index (χ0v) is 13.7. The predicted molar refractivity (Wildman–Crippen MR) is 91.1 cm³/mol. The lowest BCUT2D eigenvalue weighted by Crippen LogP contribution is -2.40. The van der Waals surface area contributed by atoms with Crippen LogP contribution in [0.25, 0.3) is 0 Å². The van der Waals surface area contributed by atoms with Gasteiger partial charge in [0.15, 0.2) is 0 Å². The summed E-state index contributed by atoms with van der Waals surface area (Å²) in [5.74, 6) is -0.944. The van der Waals surface area contributed by atoms with Gasteiger partial charge >= 0.3 is 0 Å². The third kappa shape index (κ3) is 5.16. The van der Waals surface area contributed by atoms with Crippen molar-refractivity contribution >= 4 is 34.9 Å². The highest BCUT2D eigenvalue weighted by Crippen LogP contribution is 2.26. The summed E-state index contributed by atoms with van der Waals surface area (Å²) in [4.78, 5) is 16.3. The maximum absolute atomic E-state index is 14.3. The van der Waals surface area contributed by atoms with Gasteiger partial charge in [0.25, 0.3) is 0 Å². The maximum Gasteiger partial charge on any atom is 0.243 e. The Bertz CT molecular complexity index is 660. The van der Waals surface area contributed by atoms with Crippen molar-refractivity contribution in [3.05, 3.63) is 59.0 Å². The molecule has 122 valence electrons. The van der Waals surface area contributed by atoms with E-state index in [2.05, 4.69) is 22.2 Å². The van der Waals surface area contributed by atoms with Crippen LogP contribution in [0.1, 0.15) is 6.42 Å². The fourth-order valence-electron chi connectivity index (χ4n) is 2.33. The molecule has 0 aliphatic carbocycles. The molecule has 2 rings (SSSR count). The van der Waals surface area contributed by atoms with E-state index in [-0.39, 0.29) is 16.9 Å². The van der Waals surface area contributed by atoms with Gasteiger partial charge in [0.2, 0.25) is 5.91 Å². The number of allylic oxidation sites excluding steroid dienone is 4. The standard InChI is InChI=1S/C16H16Cl2FN3O/c1-10(17)4-2-5-12(19)11-8-9-20-15(11)16(23)22-14-7-3-6-13(18)21-14/h2-7,11,15,20H,1,8-9H2,(H,21,22,23)/b4-2-,12-5-. The molecule has 2 unspecified atom stereocenters. The SMILES string of the molecule is C=C(Cl)/C=C\C=C(/F)C1CCNC1C(=O)Nc1cccc(Cl)n1. The second kappa shape index (κ2) is 8.24. The summed E-state index contributed by atoms with van der Waals surface area (Å²) in [6.45, 7) is 4.03. The van der Waals surface area contributed by atoms with Gasteiger partial charge in [-0.25, -0.2) is 9.37 Å². The number of rotatable bonds is 5. The number of carbonyl (C=O) groups is 1. The lowest BCUT2D eigenvalue weighted by molar-refractivity contribution is -0.118. The van der Waals surface area contributed by atoms with Crippen molar-refractivity contribution < 1.29 is 9.18 Å². The van der Waals surface area contributed by atoms with Crippen LogP contribution in [0.4, 0.5) is 10.2 Å². The summed E-state index contributed by atoms with van der Waals surface area (Å²) in [5, 5.41) is 6.22. The number of carbonyl (C=O) groups excluding carboxylic acids is 1. The third-order valence-corrected chi connectivity index (χ3v) is 3.69. The van der Waals surface area contributed by atoms with Crippen LogP contribution in [0.3, 0.4) is 0 Å². The molecule has 1 amide bonds. The van der Waals surface area contributed by atoms with E-state index < -0.39 is 12.0 Å². The molecule has 0 bridgehead atoms. The summed E-state index contributed by atoms with van der Waals surface area (Å²) in [6, 6.07) is 4.23. The second-order valence-corrected chi connectivity index (χ2v) is 5.89. The molecule has 1 aliphatic heterocycles. The van der Waals surface area contributed by atoms with Gasteiger partial charge in [0.1, 0.15) is 16.8 Å². The first-order chi connectivity index (χ1) is 11.0. The van der Waals surface area contributed by atoms with Crippen LogP contribution in [0.5, 0.6) is 0 Å². The summed E-state index contributed by atoms with van der Waals surface area (Å²) in [7, 11) is 0. The van der Waals surface area contributed by atoms with Gasteiger partial charge in [-0.3, -0.25) is 4.79 Å². The Balaban J connectivity index is 2.05. The molecule has 23 heavy (non-hydrogen) atoms. The van der Waals surface area contributed by atoms with E-state index in [1.165, 1.54) is 18.2 Å². The van der Waals surface area contributed by atoms with Crippen molar-refractivity contribution in [2.75, 3.05) is 11.9 Å². The van der Waals surface area contributed by atoms with E-state index in [0.29, 0.717) is 23.8 Å². The lowest BCUT2D eigenvalue weighted by atomic mass is 9.98. The molecule has 0 aromatic carbocycles. The van der Waals surface area contributed by atoms with Crippen molar-refractivity contribution in [2.24, 2.45) is 5.92 Å². The fourth-order valence-corrected chi connectivity index (χ4v) is 2.56. The molecule has 0 saturated carbocycles. The number of anilines is 1. The minimum atomic E-state index is -0.667. The molecular formula is C16H16Cl2FN3O. The average Bonchev–Trinajstić information content (AvgIpc) is 2.96. The predicted octanol–water partition coefficient (Wildman–Crippen LogP) is 3.81. The number of nitrogens with one attached hydrogen (secondary N) is 2. The topological polar surface area (TPSA) is 54.0 Å². The van der Waals surface area contributed by atoms with Gasteiger partial charge in [-0.2, -0.15) is 0 Å². The Kier molecular flexibility index (Phi) is 6.33. The maximum atomic E-state index is 14.3. The van der Waals surface area contributed by atoms with Crippen LogP contribution < -0.4 is 10.6 Å². The first kappa shape index (κ1) is 17.7. The molecule has 2 atom stereocenters.